The highest BCUT2D eigenvalue weighted by molar-refractivity contribution is 6.00. The quantitative estimate of drug-likeness (QED) is 0.106. The van der Waals surface area contributed by atoms with Crippen LogP contribution in [0, 0.1) is 0 Å². The van der Waals surface area contributed by atoms with Gasteiger partial charge in [-0.1, -0.05) is 37.1 Å². The number of nitrogens with one attached hydrogen (secondary N) is 4. The van der Waals surface area contributed by atoms with Gasteiger partial charge in [-0.3, -0.25) is 33.6 Å². The molecule has 4 amide bonds. The molecule has 1 unspecified atom stereocenters. The van der Waals surface area contributed by atoms with Crippen molar-refractivity contribution in [3.8, 4) is 11.3 Å². The zero-order valence-electron chi connectivity index (χ0n) is 28.9. The van der Waals surface area contributed by atoms with E-state index in [9.17, 15) is 28.4 Å². The van der Waals surface area contributed by atoms with Crippen LogP contribution in [-0.4, -0.2) is 73.2 Å². The predicted molar refractivity (Wildman–Crippen MR) is 192 cm³/mol. The van der Waals surface area contributed by atoms with Crippen molar-refractivity contribution in [1.29, 1.82) is 0 Å². The largest absolute Gasteiger partial charge is 0.385 e. The number of anilines is 1. The van der Waals surface area contributed by atoms with Crippen molar-refractivity contribution in [3.05, 3.63) is 82.0 Å². The molecule has 1 aliphatic heterocycles. The van der Waals surface area contributed by atoms with E-state index < -0.39 is 30.1 Å². The van der Waals surface area contributed by atoms with Gasteiger partial charge >= 0.3 is 5.69 Å². The fourth-order valence-electron chi connectivity index (χ4n) is 6.87. The summed E-state index contributed by atoms with van der Waals surface area (Å²) in [7, 11) is 3.45. The number of aromatic nitrogens is 5. The van der Waals surface area contributed by atoms with Crippen LogP contribution in [0.15, 0.2) is 59.5 Å². The topological polar surface area (TPSA) is 174 Å². The van der Waals surface area contributed by atoms with Gasteiger partial charge in [0.1, 0.15) is 12.2 Å². The molecule has 0 spiro atoms. The van der Waals surface area contributed by atoms with Crippen molar-refractivity contribution in [2.45, 2.75) is 69.6 Å². The van der Waals surface area contributed by atoms with Crippen molar-refractivity contribution in [2.24, 2.45) is 7.05 Å². The number of amides is 4. The number of fused-ring (bicyclic) bond motifs is 2. The highest BCUT2D eigenvalue weighted by Crippen LogP contribution is 2.28. The van der Waals surface area contributed by atoms with E-state index in [1.165, 1.54) is 15.3 Å². The molecule has 4 heterocycles. The van der Waals surface area contributed by atoms with Gasteiger partial charge in [0.25, 0.3) is 11.8 Å². The number of para-hydroxylation sites is 1. The van der Waals surface area contributed by atoms with Crippen molar-refractivity contribution >= 4 is 46.0 Å². The SMILES string of the molecule is CNc1cc(-c2cccc(C(=O)NCCCCCCc3cccc4c3n(C)c(=O)n4C3CCC(=O)NC3=O)c2)nn2c(C(=O)N[C@@H]3C[C@@H]3F)cnc12. The highest BCUT2D eigenvalue weighted by Gasteiger charge is 2.39. The van der Waals surface area contributed by atoms with Crippen molar-refractivity contribution in [2.75, 3.05) is 18.9 Å². The Bertz CT molecular complexity index is 2270. The minimum Gasteiger partial charge on any atom is -0.385 e. The molecule has 270 valence electrons. The summed E-state index contributed by atoms with van der Waals surface area (Å²) in [5.74, 6) is -1.44. The van der Waals surface area contributed by atoms with E-state index in [1.54, 1.807) is 42.9 Å². The van der Waals surface area contributed by atoms with Gasteiger partial charge in [0.05, 0.1) is 34.7 Å². The van der Waals surface area contributed by atoms with Crippen LogP contribution >= 0.6 is 0 Å². The minimum absolute atomic E-state index is 0.188. The Morgan fingerprint density at radius 1 is 1.02 bits per heavy atom. The molecule has 5 aromatic rings. The first-order chi connectivity index (χ1) is 25.1. The van der Waals surface area contributed by atoms with E-state index in [1.807, 2.05) is 24.3 Å². The Balaban J connectivity index is 0.934. The Kier molecular flexibility index (Phi) is 9.58. The first-order valence-electron chi connectivity index (χ1n) is 17.6. The number of alkyl halides is 1. The summed E-state index contributed by atoms with van der Waals surface area (Å²) in [5, 5.41) is 15.7. The van der Waals surface area contributed by atoms with Gasteiger partial charge in [0.2, 0.25) is 11.8 Å². The third-order valence-electron chi connectivity index (χ3n) is 9.79. The second kappa shape index (κ2) is 14.4. The van der Waals surface area contributed by atoms with Crippen LogP contribution in [0.2, 0.25) is 0 Å². The number of unbranched alkanes of at least 4 members (excludes halogenated alkanes) is 3. The van der Waals surface area contributed by atoms with Gasteiger partial charge in [-0.25, -0.2) is 18.7 Å². The van der Waals surface area contributed by atoms with E-state index in [-0.39, 0.29) is 29.6 Å². The number of carbonyl (C=O) groups is 4. The average Bonchev–Trinajstić information content (AvgIpc) is 3.54. The summed E-state index contributed by atoms with van der Waals surface area (Å²) in [6.45, 7) is 0.504. The van der Waals surface area contributed by atoms with Gasteiger partial charge in [-0.15, -0.1) is 0 Å². The molecule has 52 heavy (non-hydrogen) atoms. The number of piperidine rings is 1. The molecule has 4 N–H and O–H groups in total. The number of hydrogen-bond donors (Lipinski definition) is 4. The van der Waals surface area contributed by atoms with Crippen molar-refractivity contribution in [1.82, 2.24) is 39.7 Å². The number of rotatable bonds is 13. The number of halogens is 1. The normalized spacial score (nSPS) is 18.4. The first kappa shape index (κ1) is 34.6. The average molecular weight is 710 g/mol. The summed E-state index contributed by atoms with van der Waals surface area (Å²) in [5.41, 5.74) is 5.17. The minimum atomic E-state index is -1.03. The molecule has 3 atom stereocenters. The fourth-order valence-corrected chi connectivity index (χ4v) is 6.87. The number of carbonyl (C=O) groups excluding carboxylic acids is 4. The lowest BCUT2D eigenvalue weighted by Gasteiger charge is -2.21. The first-order valence-corrected chi connectivity index (χ1v) is 17.6. The molecule has 0 radical (unpaired) electrons. The van der Waals surface area contributed by atoms with Crippen LogP contribution in [-0.2, 0) is 23.1 Å². The lowest BCUT2D eigenvalue weighted by atomic mass is 10.0. The number of aryl methyl sites for hydroxylation is 2. The van der Waals surface area contributed by atoms with Crippen LogP contribution < -0.4 is 27.0 Å². The molecule has 2 aliphatic rings. The molecule has 1 saturated heterocycles. The molecular formula is C37H40FN9O5. The van der Waals surface area contributed by atoms with Crippen LogP contribution in [0.5, 0.6) is 0 Å². The van der Waals surface area contributed by atoms with Crippen LogP contribution in [0.4, 0.5) is 10.1 Å². The monoisotopic (exact) mass is 709 g/mol. The maximum atomic E-state index is 13.4. The number of benzene rings is 2. The van der Waals surface area contributed by atoms with Crippen molar-refractivity contribution < 1.29 is 23.6 Å². The second-order valence-electron chi connectivity index (χ2n) is 13.4. The van der Waals surface area contributed by atoms with Gasteiger partial charge in [0, 0.05) is 44.6 Å². The molecule has 1 saturated carbocycles. The molecule has 3 aromatic heterocycles. The standard InChI is InChI=1S/C37H40FN9O5/c1-39-27-19-25(44-47-30(20-41-33(27)47)36(51)42-26-18-24(26)38)22-11-7-12-23(17-22)34(49)40-16-6-4-3-5-9-21-10-8-13-28-32(21)45(2)37(52)46(28)29-14-15-31(48)43-35(29)50/h7-8,10-13,17,19-20,24,26,29,39H,3-6,9,14-16,18H2,1-2H3,(H,40,49)(H,42,51)(H,43,48,50)/t24-,26+,29?/m0/s1. The van der Waals surface area contributed by atoms with E-state index in [0.29, 0.717) is 53.1 Å². The lowest BCUT2D eigenvalue weighted by Crippen LogP contribution is -2.44. The summed E-state index contributed by atoms with van der Waals surface area (Å²) < 4.78 is 17.9. The lowest BCUT2D eigenvalue weighted by molar-refractivity contribution is -0.135. The molecule has 2 fully saturated rings. The summed E-state index contributed by atoms with van der Waals surface area (Å²) in [4.78, 5) is 67.6. The molecule has 2 aromatic carbocycles. The zero-order chi connectivity index (χ0) is 36.5. The number of hydrogen-bond acceptors (Lipinski definition) is 8. The second-order valence-corrected chi connectivity index (χ2v) is 13.4. The van der Waals surface area contributed by atoms with E-state index in [2.05, 4.69) is 31.3 Å². The van der Waals surface area contributed by atoms with Gasteiger partial charge in [0.15, 0.2) is 11.3 Å². The molecule has 1 aliphatic carbocycles. The van der Waals surface area contributed by atoms with Crippen LogP contribution in [0.3, 0.4) is 0 Å². The Morgan fingerprint density at radius 3 is 2.58 bits per heavy atom. The number of imide groups is 1. The Hall–Kier alpha value is -5.86. The molecule has 14 nitrogen and oxygen atoms in total. The maximum Gasteiger partial charge on any atom is 0.329 e. The van der Waals surface area contributed by atoms with Gasteiger partial charge < -0.3 is 16.0 Å². The molecular weight excluding hydrogens is 669 g/mol. The smallest absolute Gasteiger partial charge is 0.329 e. The molecule has 0 bridgehead atoms. The summed E-state index contributed by atoms with van der Waals surface area (Å²) in [6, 6.07) is 13.4. The Morgan fingerprint density at radius 2 is 1.81 bits per heavy atom. The van der Waals surface area contributed by atoms with E-state index in [0.717, 1.165) is 43.2 Å². The Labute approximate surface area is 297 Å². The van der Waals surface area contributed by atoms with Gasteiger partial charge in [-0.05, 0) is 55.5 Å². The van der Waals surface area contributed by atoms with E-state index >= 15 is 0 Å². The van der Waals surface area contributed by atoms with Crippen LogP contribution in [0.1, 0.15) is 77.4 Å². The van der Waals surface area contributed by atoms with Crippen molar-refractivity contribution in [3.63, 3.8) is 0 Å². The zero-order valence-corrected chi connectivity index (χ0v) is 28.9. The highest BCUT2D eigenvalue weighted by atomic mass is 19.1. The number of imidazole rings is 2. The van der Waals surface area contributed by atoms with Crippen LogP contribution in [0.25, 0.3) is 27.9 Å². The van der Waals surface area contributed by atoms with Gasteiger partial charge in [-0.2, -0.15) is 5.10 Å². The summed E-state index contributed by atoms with van der Waals surface area (Å²) >= 11 is 0. The number of nitrogens with zero attached hydrogens (tertiary/aromatic N) is 5. The molecule has 7 rings (SSSR count). The molecule has 15 heteroatoms. The predicted octanol–water partition coefficient (Wildman–Crippen LogP) is 3.44. The summed E-state index contributed by atoms with van der Waals surface area (Å²) in [6.07, 6.45) is 5.41. The third kappa shape index (κ3) is 6.77. The third-order valence-corrected chi connectivity index (χ3v) is 9.79. The van der Waals surface area contributed by atoms with E-state index in [4.69, 9.17) is 0 Å². The fraction of sp³-hybridized carbons (Fsp3) is 0.378. The maximum absolute atomic E-state index is 13.4.